The van der Waals surface area contributed by atoms with Gasteiger partial charge in [-0.2, -0.15) is 8.78 Å². The molecule has 1 heterocycles. The largest absolute Gasteiger partial charge is 0.433 e. The van der Waals surface area contributed by atoms with Crippen LogP contribution in [0, 0.1) is 5.82 Å². The average Bonchev–Trinajstić information content (AvgIpc) is 2.71. The number of fused-ring (bicyclic) bond motifs is 1. The topological polar surface area (TPSA) is 79.4 Å². The molecule has 0 aliphatic carbocycles. The van der Waals surface area contributed by atoms with Gasteiger partial charge in [0, 0.05) is 29.8 Å². The summed E-state index contributed by atoms with van der Waals surface area (Å²) in [6.45, 7) is -2.58. The van der Waals surface area contributed by atoms with Gasteiger partial charge in [0.25, 0.3) is 0 Å². The van der Waals surface area contributed by atoms with E-state index >= 15 is 0 Å². The van der Waals surface area contributed by atoms with E-state index in [1.54, 1.807) is 6.08 Å². The Labute approximate surface area is 186 Å². The molecule has 0 spiro atoms. The zero-order valence-corrected chi connectivity index (χ0v) is 17.8. The number of amides is 1. The maximum Gasteiger partial charge on any atom is 0.387 e. The van der Waals surface area contributed by atoms with Crippen LogP contribution in [0.5, 0.6) is 5.75 Å². The SMILES string of the molecule is CN(C)C/C=C/C(=O)Nc1cc2c(Nc3ccc(F)c(Cl)c3)ncnc2cc1OC(F)F. The van der Waals surface area contributed by atoms with Crippen LogP contribution in [0.3, 0.4) is 0 Å². The molecule has 32 heavy (non-hydrogen) atoms. The van der Waals surface area contributed by atoms with E-state index in [1.807, 2.05) is 19.0 Å². The summed E-state index contributed by atoms with van der Waals surface area (Å²) in [7, 11) is 3.67. The number of benzene rings is 2. The van der Waals surface area contributed by atoms with Crippen molar-refractivity contribution in [3.05, 3.63) is 59.7 Å². The van der Waals surface area contributed by atoms with Crippen LogP contribution >= 0.6 is 11.6 Å². The number of alkyl halides is 2. The summed E-state index contributed by atoms with van der Waals surface area (Å²) in [6, 6.07) is 6.71. The van der Waals surface area contributed by atoms with Gasteiger partial charge in [0.1, 0.15) is 18.0 Å². The molecule has 2 N–H and O–H groups in total. The van der Waals surface area contributed by atoms with E-state index in [0.717, 1.165) is 0 Å². The molecule has 0 saturated heterocycles. The summed E-state index contributed by atoms with van der Waals surface area (Å²) in [6.07, 6.45) is 4.14. The number of anilines is 3. The number of likely N-dealkylation sites (N-methyl/N-ethyl adjacent to an activating group) is 1. The minimum absolute atomic E-state index is 0.00675. The number of hydrogen-bond donors (Lipinski definition) is 2. The normalized spacial score (nSPS) is 11.5. The number of carbonyl (C=O) groups is 1. The van der Waals surface area contributed by atoms with Crippen molar-refractivity contribution in [2.24, 2.45) is 0 Å². The quantitative estimate of drug-likeness (QED) is 0.464. The Bertz CT molecular complexity index is 1160. The third-order valence-corrected chi connectivity index (χ3v) is 4.42. The number of hydrogen-bond acceptors (Lipinski definition) is 6. The van der Waals surface area contributed by atoms with E-state index in [0.29, 0.717) is 23.4 Å². The number of ether oxygens (including phenoxy) is 1. The smallest absolute Gasteiger partial charge is 0.387 e. The maximum atomic E-state index is 13.4. The molecular formula is C21H19ClF3N5O2. The van der Waals surface area contributed by atoms with Gasteiger partial charge in [0.05, 0.1) is 16.2 Å². The highest BCUT2D eigenvalue weighted by molar-refractivity contribution is 6.31. The Morgan fingerprint density at radius 3 is 2.72 bits per heavy atom. The number of carbonyl (C=O) groups excluding carboxylic acids is 1. The third-order valence-electron chi connectivity index (χ3n) is 4.13. The molecule has 3 rings (SSSR count). The Balaban J connectivity index is 1.98. The fourth-order valence-corrected chi connectivity index (χ4v) is 2.91. The van der Waals surface area contributed by atoms with Crippen LogP contribution in [0.4, 0.5) is 30.4 Å². The van der Waals surface area contributed by atoms with Gasteiger partial charge in [0.2, 0.25) is 5.91 Å². The van der Waals surface area contributed by atoms with Crippen LogP contribution in [0.2, 0.25) is 5.02 Å². The first-order valence-corrected chi connectivity index (χ1v) is 9.68. The summed E-state index contributed by atoms with van der Waals surface area (Å²) >= 11 is 5.82. The van der Waals surface area contributed by atoms with E-state index in [2.05, 4.69) is 25.3 Å². The summed E-state index contributed by atoms with van der Waals surface area (Å²) in [5, 5.41) is 5.83. The van der Waals surface area contributed by atoms with Gasteiger partial charge in [0.15, 0.2) is 5.75 Å². The predicted molar refractivity (Wildman–Crippen MR) is 117 cm³/mol. The van der Waals surface area contributed by atoms with Crippen LogP contribution in [0.1, 0.15) is 0 Å². The van der Waals surface area contributed by atoms with Gasteiger partial charge in [-0.05, 0) is 38.4 Å². The number of nitrogens with zero attached hydrogens (tertiary/aromatic N) is 3. The van der Waals surface area contributed by atoms with Gasteiger partial charge in [-0.15, -0.1) is 0 Å². The highest BCUT2D eigenvalue weighted by atomic mass is 35.5. The van der Waals surface area contributed by atoms with Crippen molar-refractivity contribution >= 4 is 45.6 Å². The molecule has 1 amide bonds. The first kappa shape index (κ1) is 23.3. The fourth-order valence-electron chi connectivity index (χ4n) is 2.73. The summed E-state index contributed by atoms with van der Waals surface area (Å²) in [5.74, 6) is -1.07. The minimum atomic E-state index is -3.10. The molecule has 0 atom stereocenters. The molecule has 0 fully saturated rings. The Hall–Kier alpha value is -3.37. The number of nitrogens with one attached hydrogen (secondary N) is 2. The van der Waals surface area contributed by atoms with Crippen molar-refractivity contribution in [2.75, 3.05) is 31.3 Å². The zero-order chi connectivity index (χ0) is 23.3. The van der Waals surface area contributed by atoms with Gasteiger partial charge in [-0.1, -0.05) is 17.7 Å². The number of rotatable bonds is 8. The molecule has 2 aromatic carbocycles. The first-order chi connectivity index (χ1) is 15.2. The predicted octanol–water partition coefficient (Wildman–Crippen LogP) is 4.82. The summed E-state index contributed by atoms with van der Waals surface area (Å²) in [5.41, 5.74) is 0.737. The van der Waals surface area contributed by atoms with Gasteiger partial charge in [-0.3, -0.25) is 4.79 Å². The van der Waals surface area contributed by atoms with Crippen LogP contribution in [0.25, 0.3) is 10.9 Å². The van der Waals surface area contributed by atoms with Crippen molar-refractivity contribution in [1.29, 1.82) is 0 Å². The molecule has 11 heteroatoms. The second kappa shape index (κ2) is 10.3. The number of aromatic nitrogens is 2. The molecule has 7 nitrogen and oxygen atoms in total. The van der Waals surface area contributed by atoms with E-state index in [1.165, 1.54) is 42.7 Å². The van der Waals surface area contributed by atoms with E-state index in [4.69, 9.17) is 11.6 Å². The Morgan fingerprint density at radius 1 is 1.25 bits per heavy atom. The number of halogens is 4. The minimum Gasteiger partial charge on any atom is -0.433 e. The lowest BCUT2D eigenvalue weighted by molar-refractivity contribution is -0.112. The van der Waals surface area contributed by atoms with Gasteiger partial charge in [-0.25, -0.2) is 14.4 Å². The van der Waals surface area contributed by atoms with E-state index in [9.17, 15) is 18.0 Å². The Kier molecular flexibility index (Phi) is 7.49. The summed E-state index contributed by atoms with van der Waals surface area (Å²) < 4.78 is 43.8. The standard InChI is InChI=1S/C21H19ClF3N5O2/c1-30(2)7-3-4-19(31)29-17-9-13-16(10-18(17)32-21(24)25)26-11-27-20(13)28-12-5-6-15(23)14(22)8-12/h3-6,8-11,21H,7H2,1-2H3,(H,29,31)(H,26,27,28)/b4-3+. The monoisotopic (exact) mass is 465 g/mol. The third kappa shape index (κ3) is 6.08. The van der Waals surface area contributed by atoms with Crippen molar-refractivity contribution in [1.82, 2.24) is 14.9 Å². The molecule has 0 aliphatic heterocycles. The molecule has 0 saturated carbocycles. The fraction of sp³-hybridized carbons (Fsp3) is 0.190. The highest BCUT2D eigenvalue weighted by Gasteiger charge is 2.16. The Morgan fingerprint density at radius 2 is 2.03 bits per heavy atom. The second-order valence-electron chi connectivity index (χ2n) is 6.87. The van der Waals surface area contributed by atoms with Crippen LogP contribution in [0.15, 0.2) is 48.8 Å². The lowest BCUT2D eigenvalue weighted by Crippen LogP contribution is -2.14. The van der Waals surface area contributed by atoms with Crippen molar-refractivity contribution in [3.8, 4) is 5.75 Å². The zero-order valence-electron chi connectivity index (χ0n) is 17.1. The first-order valence-electron chi connectivity index (χ1n) is 9.31. The molecule has 0 bridgehead atoms. The van der Waals surface area contributed by atoms with Crippen LogP contribution < -0.4 is 15.4 Å². The molecule has 0 unspecified atom stereocenters. The van der Waals surface area contributed by atoms with Crippen LogP contribution in [-0.4, -0.2) is 48.0 Å². The lowest BCUT2D eigenvalue weighted by Gasteiger charge is -2.14. The molecule has 1 aromatic heterocycles. The molecular weight excluding hydrogens is 447 g/mol. The second-order valence-corrected chi connectivity index (χ2v) is 7.28. The lowest BCUT2D eigenvalue weighted by atomic mass is 10.1. The summed E-state index contributed by atoms with van der Waals surface area (Å²) in [4.78, 5) is 22.3. The van der Waals surface area contributed by atoms with E-state index in [-0.39, 0.29) is 22.0 Å². The van der Waals surface area contributed by atoms with Gasteiger partial charge < -0.3 is 20.3 Å². The van der Waals surface area contributed by atoms with Crippen molar-refractivity contribution < 1.29 is 22.7 Å². The maximum absolute atomic E-state index is 13.4. The molecule has 0 radical (unpaired) electrons. The van der Waals surface area contributed by atoms with E-state index < -0.39 is 18.3 Å². The molecule has 168 valence electrons. The average molecular weight is 466 g/mol. The van der Waals surface area contributed by atoms with Gasteiger partial charge >= 0.3 is 6.61 Å². The molecule has 3 aromatic rings. The van der Waals surface area contributed by atoms with Crippen molar-refractivity contribution in [2.45, 2.75) is 6.61 Å². The van der Waals surface area contributed by atoms with Crippen LogP contribution in [-0.2, 0) is 4.79 Å². The highest BCUT2D eigenvalue weighted by Crippen LogP contribution is 2.34. The van der Waals surface area contributed by atoms with Crippen molar-refractivity contribution in [3.63, 3.8) is 0 Å². The molecule has 0 aliphatic rings.